The highest BCUT2D eigenvalue weighted by molar-refractivity contribution is 5.95. The van der Waals surface area contributed by atoms with Gasteiger partial charge in [-0.15, -0.1) is 0 Å². The highest BCUT2D eigenvalue weighted by Gasteiger charge is 2.33. The Balaban J connectivity index is 2.13. The number of hydrogen-bond acceptors (Lipinski definition) is 6. The van der Waals surface area contributed by atoms with Crippen molar-refractivity contribution in [2.75, 3.05) is 40.5 Å². The zero-order valence-electron chi connectivity index (χ0n) is 18.9. The number of primary amides is 1. The predicted octanol–water partition coefficient (Wildman–Crippen LogP) is 2.05. The Hall–Kier alpha value is -2.48. The van der Waals surface area contributed by atoms with E-state index < -0.39 is 5.91 Å². The number of nitrogens with two attached hydrogens (primary N) is 1. The Morgan fingerprint density at radius 2 is 1.67 bits per heavy atom. The lowest BCUT2D eigenvalue weighted by molar-refractivity contribution is -0.120. The first-order chi connectivity index (χ1) is 14.1. The first kappa shape index (κ1) is 23.8. The van der Waals surface area contributed by atoms with Gasteiger partial charge < -0.3 is 25.3 Å². The van der Waals surface area contributed by atoms with Crippen LogP contribution in [0.3, 0.4) is 0 Å². The van der Waals surface area contributed by atoms with Crippen LogP contribution in [0.25, 0.3) is 0 Å². The molecule has 0 saturated carbocycles. The van der Waals surface area contributed by atoms with Gasteiger partial charge in [0.05, 0.1) is 14.2 Å². The van der Waals surface area contributed by atoms with Gasteiger partial charge in [-0.3, -0.25) is 14.5 Å². The van der Waals surface area contributed by atoms with Crippen LogP contribution in [0.5, 0.6) is 17.2 Å². The smallest absolute Gasteiger partial charge is 0.255 e. The van der Waals surface area contributed by atoms with E-state index in [0.717, 1.165) is 13.1 Å². The molecule has 8 nitrogen and oxygen atoms in total. The molecule has 30 heavy (non-hydrogen) atoms. The van der Waals surface area contributed by atoms with E-state index in [2.05, 4.69) is 37.9 Å². The quantitative estimate of drug-likeness (QED) is 0.633. The van der Waals surface area contributed by atoms with Crippen molar-refractivity contribution in [2.45, 2.75) is 39.7 Å². The van der Waals surface area contributed by atoms with E-state index in [0.29, 0.717) is 35.4 Å². The zero-order valence-corrected chi connectivity index (χ0v) is 18.9. The van der Waals surface area contributed by atoms with Gasteiger partial charge in [-0.2, -0.15) is 0 Å². The number of nitrogens with zero attached hydrogens (tertiary/aromatic N) is 1. The number of carbonyl (C=O) groups is 2. The summed E-state index contributed by atoms with van der Waals surface area (Å²) in [6, 6.07) is 3.12. The fourth-order valence-electron chi connectivity index (χ4n) is 3.96. The Morgan fingerprint density at radius 1 is 1.13 bits per heavy atom. The van der Waals surface area contributed by atoms with E-state index >= 15 is 0 Å². The molecule has 0 aliphatic carbocycles. The number of carbonyl (C=O) groups excluding carboxylic acids is 2. The summed E-state index contributed by atoms with van der Waals surface area (Å²) < 4.78 is 16.1. The third kappa shape index (κ3) is 6.01. The number of hydrogen-bond donors (Lipinski definition) is 2. The van der Waals surface area contributed by atoms with E-state index in [9.17, 15) is 9.59 Å². The molecule has 2 amide bonds. The second-order valence-electron chi connectivity index (χ2n) is 8.81. The minimum atomic E-state index is -0.621. The average Bonchev–Trinajstić information content (AvgIpc) is 2.68. The van der Waals surface area contributed by atoms with Gasteiger partial charge in [0.1, 0.15) is 0 Å². The highest BCUT2D eigenvalue weighted by Crippen LogP contribution is 2.38. The molecule has 1 aliphatic rings. The van der Waals surface area contributed by atoms with Crippen LogP contribution in [0.2, 0.25) is 0 Å². The lowest BCUT2D eigenvalue weighted by atomic mass is 9.88. The Bertz CT molecular complexity index is 730. The van der Waals surface area contributed by atoms with E-state index in [1.165, 1.54) is 20.6 Å². The predicted molar refractivity (Wildman–Crippen MR) is 115 cm³/mol. The molecule has 3 N–H and O–H groups in total. The minimum Gasteiger partial charge on any atom is -0.493 e. The number of ether oxygens (including phenoxy) is 3. The molecule has 1 saturated heterocycles. The van der Waals surface area contributed by atoms with Gasteiger partial charge in [-0.25, -0.2) is 0 Å². The number of piperidine rings is 1. The summed E-state index contributed by atoms with van der Waals surface area (Å²) in [5.74, 6) is 1.24. The van der Waals surface area contributed by atoms with Gasteiger partial charge in [0.25, 0.3) is 11.8 Å². The molecule has 0 spiro atoms. The number of methoxy groups -OCH3 is 2. The Kier molecular flexibility index (Phi) is 7.95. The Morgan fingerprint density at radius 3 is 2.13 bits per heavy atom. The van der Waals surface area contributed by atoms with Crippen LogP contribution in [0, 0.1) is 11.8 Å². The van der Waals surface area contributed by atoms with Gasteiger partial charge in [0, 0.05) is 30.7 Å². The third-order valence-corrected chi connectivity index (χ3v) is 5.49. The van der Waals surface area contributed by atoms with Crippen molar-refractivity contribution in [2.24, 2.45) is 17.6 Å². The van der Waals surface area contributed by atoms with Gasteiger partial charge in [0.15, 0.2) is 18.1 Å². The number of rotatable bonds is 9. The third-order valence-electron chi connectivity index (χ3n) is 5.49. The Labute approximate surface area is 179 Å². The monoisotopic (exact) mass is 421 g/mol. The number of likely N-dealkylation sites (tertiary alicyclic amines) is 1. The maximum absolute atomic E-state index is 12.9. The fraction of sp³-hybridized carbons (Fsp3) is 0.636. The lowest BCUT2D eigenvalue weighted by Gasteiger charge is -2.45. The van der Waals surface area contributed by atoms with Crippen molar-refractivity contribution in [1.29, 1.82) is 0 Å². The van der Waals surface area contributed by atoms with E-state index in [1.807, 2.05) is 0 Å². The standard InChI is InChI=1S/C22H35N3O5/c1-14-7-15(2)11-25(10-14)22(3,4)13-24-21(27)16-8-17(28-5)20(18(9-16)29-6)30-12-19(23)26/h8-9,14-15H,7,10-13H2,1-6H3,(H2,23,26)(H,24,27). The molecule has 0 bridgehead atoms. The SMILES string of the molecule is COc1cc(C(=O)NCC(C)(C)N2CC(C)CC(C)C2)cc(OC)c1OCC(N)=O. The average molecular weight is 422 g/mol. The first-order valence-electron chi connectivity index (χ1n) is 10.3. The number of amides is 2. The van der Waals surface area contributed by atoms with Crippen LogP contribution in [0.15, 0.2) is 12.1 Å². The summed E-state index contributed by atoms with van der Waals surface area (Å²) in [6.07, 6.45) is 1.24. The maximum atomic E-state index is 12.9. The summed E-state index contributed by atoms with van der Waals surface area (Å²) in [7, 11) is 2.91. The van der Waals surface area contributed by atoms with Gasteiger partial charge in [0.2, 0.25) is 5.75 Å². The second-order valence-corrected chi connectivity index (χ2v) is 8.81. The fourth-order valence-corrected chi connectivity index (χ4v) is 3.96. The molecule has 2 unspecified atom stereocenters. The van der Waals surface area contributed by atoms with Crippen molar-refractivity contribution in [3.05, 3.63) is 17.7 Å². The van der Waals surface area contributed by atoms with Gasteiger partial charge in [-0.1, -0.05) is 13.8 Å². The summed E-state index contributed by atoms with van der Waals surface area (Å²) in [5, 5.41) is 3.03. The molecule has 1 aromatic rings. The molecule has 1 aromatic carbocycles. The molecule has 2 atom stereocenters. The van der Waals surface area contributed by atoms with E-state index in [1.54, 1.807) is 12.1 Å². The summed E-state index contributed by atoms with van der Waals surface area (Å²) in [6.45, 7) is 11.1. The van der Waals surface area contributed by atoms with Crippen LogP contribution in [0.4, 0.5) is 0 Å². The minimum absolute atomic E-state index is 0.169. The first-order valence-corrected chi connectivity index (χ1v) is 10.3. The highest BCUT2D eigenvalue weighted by atomic mass is 16.5. The number of nitrogens with one attached hydrogen (secondary N) is 1. The van der Waals surface area contributed by atoms with Crippen LogP contribution in [-0.4, -0.2) is 62.7 Å². The lowest BCUT2D eigenvalue weighted by Crippen LogP contribution is -2.56. The molecule has 1 fully saturated rings. The van der Waals surface area contributed by atoms with E-state index in [-0.39, 0.29) is 23.8 Å². The molecular weight excluding hydrogens is 386 g/mol. The molecule has 168 valence electrons. The molecular formula is C22H35N3O5. The second kappa shape index (κ2) is 10.0. The summed E-state index contributed by atoms with van der Waals surface area (Å²) >= 11 is 0. The van der Waals surface area contributed by atoms with Gasteiger partial charge >= 0.3 is 0 Å². The topological polar surface area (TPSA) is 103 Å². The maximum Gasteiger partial charge on any atom is 0.255 e. The van der Waals surface area contributed by atoms with Crippen molar-refractivity contribution >= 4 is 11.8 Å². The van der Waals surface area contributed by atoms with Crippen molar-refractivity contribution in [1.82, 2.24) is 10.2 Å². The number of benzene rings is 1. The van der Waals surface area contributed by atoms with Crippen molar-refractivity contribution in [3.63, 3.8) is 0 Å². The largest absolute Gasteiger partial charge is 0.493 e. The summed E-state index contributed by atoms with van der Waals surface area (Å²) in [4.78, 5) is 26.4. The molecule has 0 aromatic heterocycles. The van der Waals surface area contributed by atoms with Crippen LogP contribution < -0.4 is 25.3 Å². The molecule has 8 heteroatoms. The summed E-state index contributed by atoms with van der Waals surface area (Å²) in [5.41, 5.74) is 5.36. The van der Waals surface area contributed by atoms with Crippen LogP contribution in [0.1, 0.15) is 44.5 Å². The molecule has 1 aliphatic heterocycles. The van der Waals surface area contributed by atoms with Crippen molar-refractivity contribution < 1.29 is 23.8 Å². The molecule has 1 heterocycles. The van der Waals surface area contributed by atoms with Crippen LogP contribution in [-0.2, 0) is 4.79 Å². The van der Waals surface area contributed by atoms with Gasteiger partial charge in [-0.05, 0) is 44.2 Å². The van der Waals surface area contributed by atoms with Crippen LogP contribution >= 0.6 is 0 Å². The zero-order chi connectivity index (χ0) is 22.5. The molecule has 2 rings (SSSR count). The normalized spacial score (nSPS) is 19.8. The molecule has 0 radical (unpaired) electrons. The van der Waals surface area contributed by atoms with E-state index in [4.69, 9.17) is 19.9 Å². The van der Waals surface area contributed by atoms with Crippen molar-refractivity contribution in [3.8, 4) is 17.2 Å².